The van der Waals surface area contributed by atoms with Crippen LogP contribution in [0.15, 0.2) is 109 Å². The number of phenols is 1. The molecule has 37 heavy (non-hydrogen) atoms. The van der Waals surface area contributed by atoms with Gasteiger partial charge in [-0.2, -0.15) is 0 Å². The summed E-state index contributed by atoms with van der Waals surface area (Å²) in [5, 5.41) is 21.6. The highest BCUT2D eigenvalue weighted by Crippen LogP contribution is 2.38. The van der Waals surface area contributed by atoms with Crippen LogP contribution >= 0.6 is 0 Å². The summed E-state index contributed by atoms with van der Waals surface area (Å²) >= 11 is 0. The molecule has 0 radical (unpaired) electrons. The third-order valence-corrected chi connectivity index (χ3v) is 6.66. The number of aliphatic hydroxyl groups is 1. The minimum absolute atomic E-state index is 0.0251. The smallest absolute Gasteiger partial charge is 0.262 e. The number of rotatable bonds is 7. The Bertz CT molecular complexity index is 1360. The lowest BCUT2D eigenvalue weighted by atomic mass is 9.83. The highest BCUT2D eigenvalue weighted by molar-refractivity contribution is 6.49. The van der Waals surface area contributed by atoms with E-state index >= 15 is 0 Å². The summed E-state index contributed by atoms with van der Waals surface area (Å²) in [7, 11) is 0. The van der Waals surface area contributed by atoms with E-state index in [-0.39, 0.29) is 29.9 Å². The van der Waals surface area contributed by atoms with Crippen LogP contribution in [0.1, 0.15) is 28.7 Å². The van der Waals surface area contributed by atoms with Crippen LogP contribution in [-0.4, -0.2) is 33.5 Å². The van der Waals surface area contributed by atoms with Crippen molar-refractivity contribution in [2.75, 3.05) is 6.54 Å². The number of phenolic OH excluding ortho intramolecular Hbond substituents is 1. The first-order chi connectivity index (χ1) is 17.9. The van der Waals surface area contributed by atoms with Gasteiger partial charge < -0.3 is 10.2 Å². The summed E-state index contributed by atoms with van der Waals surface area (Å²) in [4.78, 5) is 28.5. The van der Waals surface area contributed by atoms with Gasteiger partial charge in [-0.1, -0.05) is 84.9 Å². The van der Waals surface area contributed by atoms with Gasteiger partial charge in [0.25, 0.3) is 11.8 Å². The van der Waals surface area contributed by atoms with Gasteiger partial charge in [0.05, 0.1) is 11.1 Å². The van der Waals surface area contributed by atoms with Gasteiger partial charge in [-0.05, 0) is 46.5 Å². The molecule has 0 aliphatic carbocycles. The average Bonchev–Trinajstić information content (AvgIpc) is 3.18. The maximum absolute atomic E-state index is 13.7. The minimum Gasteiger partial charge on any atom is -0.508 e. The number of benzene rings is 4. The lowest BCUT2D eigenvalue weighted by Gasteiger charge is -2.31. The van der Waals surface area contributed by atoms with Crippen molar-refractivity contribution in [3.05, 3.63) is 137 Å². The molecule has 0 unspecified atom stereocenters. The SMILES string of the molecule is O=C1C(c2ccc(O)cc2)=C(c2ccc(F)cc2)C(=O)N1CCC(O)(c1ccccc1)c1ccccc1. The quantitative estimate of drug-likeness (QED) is 0.350. The zero-order valence-electron chi connectivity index (χ0n) is 19.8. The molecule has 1 heterocycles. The number of halogens is 1. The molecular weight excluding hydrogens is 469 g/mol. The van der Waals surface area contributed by atoms with Crippen LogP contribution in [0.3, 0.4) is 0 Å². The number of aromatic hydroxyl groups is 1. The standard InChI is InChI=1S/C31H24FNO4/c32-25-15-11-21(12-16-25)27-28(22-13-17-26(34)18-14-22)30(36)33(29(27)35)20-19-31(37,23-7-3-1-4-8-23)24-9-5-2-6-10-24/h1-18,34,37H,19-20H2. The molecule has 4 aromatic rings. The van der Waals surface area contributed by atoms with Gasteiger partial charge in [-0.15, -0.1) is 0 Å². The van der Waals surface area contributed by atoms with E-state index in [1.807, 2.05) is 60.7 Å². The van der Waals surface area contributed by atoms with Crippen molar-refractivity contribution in [3.63, 3.8) is 0 Å². The van der Waals surface area contributed by atoms with Crippen LogP contribution in [0.5, 0.6) is 5.75 Å². The molecule has 0 fully saturated rings. The highest BCUT2D eigenvalue weighted by atomic mass is 19.1. The fourth-order valence-corrected chi connectivity index (χ4v) is 4.72. The largest absolute Gasteiger partial charge is 0.508 e. The summed E-state index contributed by atoms with van der Waals surface area (Å²) in [5.74, 6) is -1.47. The second-order valence-corrected chi connectivity index (χ2v) is 8.91. The lowest BCUT2D eigenvalue weighted by molar-refractivity contribution is -0.136. The zero-order valence-corrected chi connectivity index (χ0v) is 19.8. The first-order valence-electron chi connectivity index (χ1n) is 11.9. The lowest BCUT2D eigenvalue weighted by Crippen LogP contribution is -2.38. The van der Waals surface area contributed by atoms with E-state index in [4.69, 9.17) is 0 Å². The van der Waals surface area contributed by atoms with Gasteiger partial charge in [0.15, 0.2) is 0 Å². The Balaban J connectivity index is 1.53. The average molecular weight is 494 g/mol. The van der Waals surface area contributed by atoms with Crippen LogP contribution in [0.2, 0.25) is 0 Å². The minimum atomic E-state index is -1.44. The molecule has 0 aromatic heterocycles. The van der Waals surface area contributed by atoms with E-state index in [2.05, 4.69) is 0 Å². The summed E-state index contributed by atoms with van der Waals surface area (Å²) in [6.07, 6.45) is 0.0675. The first kappa shape index (κ1) is 24.2. The van der Waals surface area contributed by atoms with Crippen molar-refractivity contribution in [1.29, 1.82) is 0 Å². The molecule has 0 atom stereocenters. The van der Waals surface area contributed by atoms with Crippen molar-refractivity contribution in [1.82, 2.24) is 4.90 Å². The van der Waals surface area contributed by atoms with E-state index in [1.165, 1.54) is 36.4 Å². The molecule has 4 aromatic carbocycles. The second kappa shape index (κ2) is 9.84. The molecule has 2 amide bonds. The van der Waals surface area contributed by atoms with E-state index in [0.29, 0.717) is 22.3 Å². The van der Waals surface area contributed by atoms with Crippen LogP contribution in [0.25, 0.3) is 11.1 Å². The van der Waals surface area contributed by atoms with Crippen LogP contribution in [0.4, 0.5) is 4.39 Å². The number of hydrogen-bond acceptors (Lipinski definition) is 4. The van der Waals surface area contributed by atoms with Crippen LogP contribution < -0.4 is 0 Å². The number of carbonyl (C=O) groups excluding carboxylic acids is 2. The normalized spacial score (nSPS) is 13.9. The molecular formula is C31H24FNO4. The molecule has 1 aliphatic rings. The summed E-state index contributed by atoms with van der Waals surface area (Å²) in [6, 6.07) is 29.7. The molecule has 0 spiro atoms. The second-order valence-electron chi connectivity index (χ2n) is 8.91. The van der Waals surface area contributed by atoms with E-state index in [1.54, 1.807) is 12.1 Å². The Labute approximate surface area is 213 Å². The fourth-order valence-electron chi connectivity index (χ4n) is 4.72. The van der Waals surface area contributed by atoms with E-state index in [0.717, 1.165) is 4.90 Å². The van der Waals surface area contributed by atoms with Crippen LogP contribution in [-0.2, 0) is 15.2 Å². The molecule has 5 nitrogen and oxygen atoms in total. The Hall–Kier alpha value is -4.55. The highest BCUT2D eigenvalue weighted by Gasteiger charge is 2.41. The van der Waals surface area contributed by atoms with Crippen LogP contribution in [0, 0.1) is 5.82 Å². The van der Waals surface area contributed by atoms with Gasteiger partial charge in [0, 0.05) is 13.0 Å². The molecule has 0 bridgehead atoms. The summed E-state index contributed by atoms with van der Waals surface area (Å²) in [5.41, 5.74) is 1.03. The number of imide groups is 1. The number of carbonyl (C=O) groups is 2. The number of nitrogens with zero attached hydrogens (tertiary/aromatic N) is 1. The topological polar surface area (TPSA) is 77.8 Å². The Morgan fingerprint density at radius 3 is 1.54 bits per heavy atom. The van der Waals surface area contributed by atoms with E-state index < -0.39 is 23.2 Å². The Morgan fingerprint density at radius 1 is 0.649 bits per heavy atom. The molecule has 0 saturated carbocycles. The van der Waals surface area contributed by atoms with Crippen molar-refractivity contribution < 1.29 is 24.2 Å². The maximum Gasteiger partial charge on any atom is 0.262 e. The third kappa shape index (κ3) is 4.55. The van der Waals surface area contributed by atoms with Gasteiger partial charge in [-0.25, -0.2) is 4.39 Å². The number of hydrogen-bond donors (Lipinski definition) is 2. The molecule has 0 saturated heterocycles. The molecule has 2 N–H and O–H groups in total. The Morgan fingerprint density at radius 2 is 1.08 bits per heavy atom. The van der Waals surface area contributed by atoms with Crippen molar-refractivity contribution in [2.24, 2.45) is 0 Å². The summed E-state index contributed by atoms with van der Waals surface area (Å²) < 4.78 is 13.6. The number of amides is 2. The molecule has 5 rings (SSSR count). The maximum atomic E-state index is 13.7. The summed E-state index contributed by atoms with van der Waals surface area (Å²) in [6.45, 7) is -0.0514. The third-order valence-electron chi connectivity index (χ3n) is 6.66. The predicted molar refractivity (Wildman–Crippen MR) is 139 cm³/mol. The van der Waals surface area contributed by atoms with Gasteiger partial charge in [0.2, 0.25) is 0 Å². The van der Waals surface area contributed by atoms with Gasteiger partial charge in [0.1, 0.15) is 17.2 Å². The zero-order chi connectivity index (χ0) is 26.0. The van der Waals surface area contributed by atoms with Gasteiger partial charge >= 0.3 is 0 Å². The molecule has 184 valence electrons. The monoisotopic (exact) mass is 493 g/mol. The first-order valence-corrected chi connectivity index (χ1v) is 11.9. The van der Waals surface area contributed by atoms with Crippen molar-refractivity contribution in [2.45, 2.75) is 12.0 Å². The Kier molecular flexibility index (Phi) is 6.42. The van der Waals surface area contributed by atoms with Crippen molar-refractivity contribution in [3.8, 4) is 5.75 Å². The molecule has 6 heteroatoms. The molecule has 1 aliphatic heterocycles. The fraction of sp³-hybridized carbons (Fsp3) is 0.0968. The predicted octanol–water partition coefficient (Wildman–Crippen LogP) is 5.14. The van der Waals surface area contributed by atoms with Gasteiger partial charge in [-0.3, -0.25) is 14.5 Å². The van der Waals surface area contributed by atoms with Crippen molar-refractivity contribution >= 4 is 23.0 Å². The van der Waals surface area contributed by atoms with E-state index in [9.17, 15) is 24.2 Å².